The third kappa shape index (κ3) is 4.44. The van der Waals surface area contributed by atoms with E-state index in [9.17, 15) is 4.79 Å². The molecule has 33 heavy (non-hydrogen) atoms. The van der Waals surface area contributed by atoms with Crippen LogP contribution in [0.15, 0.2) is 89.3 Å². The second kappa shape index (κ2) is 8.79. The van der Waals surface area contributed by atoms with E-state index >= 15 is 0 Å². The second-order valence-corrected chi connectivity index (χ2v) is 8.41. The predicted octanol–water partition coefficient (Wildman–Crippen LogP) is 6.94. The van der Waals surface area contributed by atoms with Gasteiger partial charge < -0.3 is 14.5 Å². The topological polar surface area (TPSA) is 64.4 Å². The fraction of sp³-hybridized carbons (Fsp3) is 0.143. The van der Waals surface area contributed by atoms with Crippen LogP contribution in [0.2, 0.25) is 0 Å². The number of fused-ring (bicyclic) bond motifs is 2. The van der Waals surface area contributed by atoms with Crippen molar-refractivity contribution in [1.82, 2.24) is 4.98 Å². The fourth-order valence-corrected chi connectivity index (χ4v) is 3.70. The summed E-state index contributed by atoms with van der Waals surface area (Å²) in [7, 11) is 0. The Morgan fingerprint density at radius 3 is 2.58 bits per heavy atom. The first-order valence-electron chi connectivity index (χ1n) is 11.0. The maximum absolute atomic E-state index is 12.7. The van der Waals surface area contributed by atoms with E-state index < -0.39 is 0 Å². The Balaban J connectivity index is 1.36. The number of amides is 1. The molecule has 0 saturated heterocycles. The maximum atomic E-state index is 12.7. The number of hydrogen-bond acceptors (Lipinski definition) is 4. The summed E-state index contributed by atoms with van der Waals surface area (Å²) in [5.41, 5.74) is 3.51. The lowest BCUT2D eigenvalue weighted by Crippen LogP contribution is -2.12. The van der Waals surface area contributed by atoms with Crippen molar-refractivity contribution in [2.75, 3.05) is 11.9 Å². The smallest absolute Gasteiger partial charge is 0.255 e. The Morgan fingerprint density at radius 1 is 0.970 bits per heavy atom. The zero-order valence-electron chi connectivity index (χ0n) is 18.5. The number of oxazole rings is 1. The second-order valence-electron chi connectivity index (χ2n) is 8.41. The number of carbonyl (C=O) groups excluding carboxylic acids is 1. The van der Waals surface area contributed by atoms with E-state index in [2.05, 4.69) is 42.3 Å². The summed E-state index contributed by atoms with van der Waals surface area (Å²) >= 11 is 0. The van der Waals surface area contributed by atoms with E-state index in [4.69, 9.17) is 9.15 Å². The summed E-state index contributed by atoms with van der Waals surface area (Å²) in [5, 5.41) is 5.15. The fourth-order valence-electron chi connectivity index (χ4n) is 3.70. The Labute approximate surface area is 192 Å². The van der Waals surface area contributed by atoms with Crippen LogP contribution in [0.3, 0.4) is 0 Å². The predicted molar refractivity (Wildman–Crippen MR) is 132 cm³/mol. The van der Waals surface area contributed by atoms with Crippen LogP contribution >= 0.6 is 0 Å². The Bertz CT molecular complexity index is 1430. The lowest BCUT2D eigenvalue weighted by molar-refractivity contribution is 0.102. The van der Waals surface area contributed by atoms with Gasteiger partial charge in [-0.15, -0.1) is 0 Å². The zero-order chi connectivity index (χ0) is 22.8. The maximum Gasteiger partial charge on any atom is 0.255 e. The number of ether oxygens (including phenoxy) is 1. The molecule has 1 amide bonds. The monoisotopic (exact) mass is 436 g/mol. The van der Waals surface area contributed by atoms with Crippen LogP contribution < -0.4 is 10.1 Å². The number of hydrogen-bond donors (Lipinski definition) is 1. The molecule has 0 unspecified atom stereocenters. The van der Waals surface area contributed by atoms with E-state index in [1.807, 2.05) is 54.6 Å². The van der Waals surface area contributed by atoms with Gasteiger partial charge in [0.15, 0.2) is 5.58 Å². The lowest BCUT2D eigenvalue weighted by Gasteiger charge is -2.09. The normalized spacial score (nSPS) is 11.2. The molecule has 1 heterocycles. The molecule has 0 saturated carbocycles. The molecule has 0 radical (unpaired) electrons. The number of carbonyl (C=O) groups is 1. The molecule has 0 aliphatic rings. The molecular formula is C28H24N2O3. The number of nitrogens with zero attached hydrogens (tertiary/aromatic N) is 1. The molecule has 0 fully saturated rings. The SMILES string of the molecule is CC(C)COc1ccc(C(=O)Nc2ccc3oc(-c4cccc5ccccc45)nc3c2)cc1. The molecule has 1 aromatic heterocycles. The lowest BCUT2D eigenvalue weighted by atomic mass is 10.0. The van der Waals surface area contributed by atoms with Gasteiger partial charge in [0.2, 0.25) is 5.89 Å². The molecule has 0 spiro atoms. The van der Waals surface area contributed by atoms with Crippen LogP contribution in [-0.2, 0) is 0 Å². The number of aromatic nitrogens is 1. The highest BCUT2D eigenvalue weighted by Crippen LogP contribution is 2.31. The molecule has 0 bridgehead atoms. The van der Waals surface area contributed by atoms with Gasteiger partial charge in [-0.25, -0.2) is 4.98 Å². The van der Waals surface area contributed by atoms with Gasteiger partial charge in [0.05, 0.1) is 6.61 Å². The van der Waals surface area contributed by atoms with Crippen molar-refractivity contribution in [3.63, 3.8) is 0 Å². The summed E-state index contributed by atoms with van der Waals surface area (Å²) < 4.78 is 11.7. The molecule has 0 aliphatic carbocycles. The average Bonchev–Trinajstić information content (AvgIpc) is 3.26. The molecule has 5 nitrogen and oxygen atoms in total. The van der Waals surface area contributed by atoms with E-state index in [-0.39, 0.29) is 5.91 Å². The van der Waals surface area contributed by atoms with Gasteiger partial charge in [-0.1, -0.05) is 50.2 Å². The Morgan fingerprint density at radius 2 is 1.76 bits per heavy atom. The van der Waals surface area contributed by atoms with Crippen molar-refractivity contribution in [2.24, 2.45) is 5.92 Å². The van der Waals surface area contributed by atoms with Crippen LogP contribution in [0.5, 0.6) is 5.75 Å². The number of anilines is 1. The van der Waals surface area contributed by atoms with Crippen molar-refractivity contribution in [1.29, 1.82) is 0 Å². The quantitative estimate of drug-likeness (QED) is 0.313. The number of nitrogens with one attached hydrogen (secondary N) is 1. The van der Waals surface area contributed by atoms with Gasteiger partial charge in [-0.3, -0.25) is 4.79 Å². The molecule has 0 atom stereocenters. The molecule has 1 N–H and O–H groups in total. The summed E-state index contributed by atoms with van der Waals surface area (Å²) in [6, 6.07) is 26.8. The van der Waals surface area contributed by atoms with Gasteiger partial charge in [0, 0.05) is 16.8 Å². The van der Waals surface area contributed by atoms with Crippen molar-refractivity contribution in [3.05, 3.63) is 90.5 Å². The average molecular weight is 437 g/mol. The molecule has 164 valence electrons. The van der Waals surface area contributed by atoms with Crippen LogP contribution in [0.25, 0.3) is 33.3 Å². The minimum Gasteiger partial charge on any atom is -0.493 e. The van der Waals surface area contributed by atoms with E-state index in [1.165, 1.54) is 0 Å². The van der Waals surface area contributed by atoms with Crippen LogP contribution in [0, 0.1) is 5.92 Å². The van der Waals surface area contributed by atoms with Crippen LogP contribution in [0.1, 0.15) is 24.2 Å². The first-order valence-corrected chi connectivity index (χ1v) is 11.0. The third-order valence-corrected chi connectivity index (χ3v) is 5.37. The highest BCUT2D eigenvalue weighted by molar-refractivity contribution is 6.05. The number of benzene rings is 4. The van der Waals surface area contributed by atoms with E-state index in [0.29, 0.717) is 40.8 Å². The molecule has 4 aromatic carbocycles. The highest BCUT2D eigenvalue weighted by atomic mass is 16.5. The summed E-state index contributed by atoms with van der Waals surface area (Å²) in [4.78, 5) is 17.4. The summed E-state index contributed by atoms with van der Waals surface area (Å²) in [6.07, 6.45) is 0. The van der Waals surface area contributed by atoms with Crippen molar-refractivity contribution >= 4 is 33.5 Å². The van der Waals surface area contributed by atoms with Crippen LogP contribution in [0.4, 0.5) is 5.69 Å². The van der Waals surface area contributed by atoms with Gasteiger partial charge >= 0.3 is 0 Å². The van der Waals surface area contributed by atoms with Crippen LogP contribution in [-0.4, -0.2) is 17.5 Å². The largest absolute Gasteiger partial charge is 0.493 e. The zero-order valence-corrected chi connectivity index (χ0v) is 18.5. The van der Waals surface area contributed by atoms with Gasteiger partial charge in [-0.2, -0.15) is 0 Å². The van der Waals surface area contributed by atoms with Gasteiger partial charge in [0.1, 0.15) is 11.3 Å². The van der Waals surface area contributed by atoms with Crippen molar-refractivity contribution in [2.45, 2.75) is 13.8 Å². The molecular weight excluding hydrogens is 412 g/mol. The number of rotatable bonds is 6. The standard InChI is InChI=1S/C28H24N2O3/c1-18(2)17-32-22-13-10-20(11-14-22)27(31)29-21-12-15-26-25(16-21)30-28(33-26)24-9-5-7-19-6-3-4-8-23(19)24/h3-16,18H,17H2,1-2H3,(H,29,31). The molecule has 5 aromatic rings. The highest BCUT2D eigenvalue weighted by Gasteiger charge is 2.13. The molecule has 0 aliphatic heterocycles. The van der Waals surface area contributed by atoms with Gasteiger partial charge in [-0.05, 0) is 65.2 Å². The minimum absolute atomic E-state index is 0.192. The first kappa shape index (κ1) is 20.8. The Hall–Kier alpha value is -4.12. The molecule has 5 heteroatoms. The summed E-state index contributed by atoms with van der Waals surface area (Å²) in [6.45, 7) is 4.83. The summed E-state index contributed by atoms with van der Waals surface area (Å²) in [5.74, 6) is 1.57. The van der Waals surface area contributed by atoms with Gasteiger partial charge in [0.25, 0.3) is 5.91 Å². The minimum atomic E-state index is -0.192. The van der Waals surface area contributed by atoms with Crippen molar-refractivity contribution in [3.8, 4) is 17.2 Å². The van der Waals surface area contributed by atoms with E-state index in [1.54, 1.807) is 12.1 Å². The van der Waals surface area contributed by atoms with E-state index in [0.717, 1.165) is 22.1 Å². The Kier molecular flexibility index (Phi) is 5.53. The molecule has 5 rings (SSSR count). The third-order valence-electron chi connectivity index (χ3n) is 5.37. The first-order chi connectivity index (χ1) is 16.1. The van der Waals surface area contributed by atoms with Crippen molar-refractivity contribution < 1.29 is 13.9 Å².